The molecule has 3 aromatic rings. The van der Waals surface area contributed by atoms with Crippen molar-refractivity contribution in [1.82, 2.24) is 16.2 Å². The van der Waals surface area contributed by atoms with Crippen LogP contribution in [0.1, 0.15) is 33.1 Å². The van der Waals surface area contributed by atoms with Crippen molar-refractivity contribution in [3.8, 4) is 0 Å². The largest absolute Gasteiger partial charge is 0.298 e. The van der Waals surface area contributed by atoms with E-state index in [1.165, 1.54) is 5.56 Å². The number of hydrazine groups is 1. The number of amides is 2. The number of hydrogen-bond acceptors (Lipinski definition) is 3. The minimum absolute atomic E-state index is 0.0580. The van der Waals surface area contributed by atoms with Gasteiger partial charge in [-0.1, -0.05) is 78.4 Å². The van der Waals surface area contributed by atoms with Crippen molar-refractivity contribution < 1.29 is 9.59 Å². The van der Waals surface area contributed by atoms with Crippen LogP contribution >= 0.6 is 0 Å². The first kappa shape index (κ1) is 19.3. The van der Waals surface area contributed by atoms with Gasteiger partial charge in [-0.15, -0.1) is 0 Å². The fraction of sp³-hybridized carbons (Fsp3) is 0.130. The third kappa shape index (κ3) is 5.28. The van der Waals surface area contributed by atoms with Crippen LogP contribution < -0.4 is 16.2 Å². The van der Waals surface area contributed by atoms with Crippen molar-refractivity contribution in [3.63, 3.8) is 0 Å². The second kappa shape index (κ2) is 9.48. The molecule has 2 amide bonds. The Balaban J connectivity index is 1.61. The van der Waals surface area contributed by atoms with Gasteiger partial charge in [-0.2, -0.15) is 0 Å². The van der Waals surface area contributed by atoms with Crippen molar-refractivity contribution in [3.05, 3.63) is 107 Å². The van der Waals surface area contributed by atoms with E-state index >= 15 is 0 Å². The summed E-state index contributed by atoms with van der Waals surface area (Å²) >= 11 is 0. The lowest BCUT2D eigenvalue weighted by Crippen LogP contribution is -2.46. The fourth-order valence-electron chi connectivity index (χ4n) is 2.86. The molecule has 0 aliphatic rings. The monoisotopic (exact) mass is 373 g/mol. The zero-order chi connectivity index (χ0) is 19.8. The second-order valence-corrected chi connectivity index (χ2v) is 6.50. The molecule has 3 N–H and O–H groups in total. The fourth-order valence-corrected chi connectivity index (χ4v) is 2.86. The second-order valence-electron chi connectivity index (χ2n) is 6.50. The lowest BCUT2D eigenvalue weighted by molar-refractivity contribution is -0.121. The van der Waals surface area contributed by atoms with Gasteiger partial charge < -0.3 is 0 Å². The number of carbonyl (C=O) groups is 2. The molecule has 0 aliphatic carbocycles. The number of carbonyl (C=O) groups excluding carboxylic acids is 2. The number of hydrogen-bond donors (Lipinski definition) is 3. The average molecular weight is 373 g/mol. The van der Waals surface area contributed by atoms with Crippen molar-refractivity contribution in [2.45, 2.75) is 13.0 Å². The van der Waals surface area contributed by atoms with E-state index in [1.54, 1.807) is 24.3 Å². The first-order valence-electron chi connectivity index (χ1n) is 9.12. The maximum atomic E-state index is 12.2. The van der Waals surface area contributed by atoms with Gasteiger partial charge in [-0.3, -0.25) is 25.8 Å². The summed E-state index contributed by atoms with van der Waals surface area (Å²) in [5.41, 5.74) is 8.67. The van der Waals surface area contributed by atoms with Gasteiger partial charge in [-0.05, 0) is 30.2 Å². The summed E-state index contributed by atoms with van der Waals surface area (Å²) in [6.07, 6.45) is 0. The van der Waals surface area contributed by atoms with E-state index in [0.29, 0.717) is 5.56 Å². The molecule has 28 heavy (non-hydrogen) atoms. The van der Waals surface area contributed by atoms with Crippen molar-refractivity contribution >= 4 is 11.8 Å². The highest BCUT2D eigenvalue weighted by Gasteiger charge is 2.15. The van der Waals surface area contributed by atoms with Crippen LogP contribution in [0.15, 0.2) is 84.9 Å². The molecule has 0 saturated heterocycles. The Hall–Kier alpha value is -3.44. The molecule has 5 heteroatoms. The van der Waals surface area contributed by atoms with Crippen LogP contribution in [0.25, 0.3) is 0 Å². The van der Waals surface area contributed by atoms with Crippen LogP contribution in [-0.4, -0.2) is 18.4 Å². The van der Waals surface area contributed by atoms with E-state index in [9.17, 15) is 9.59 Å². The zero-order valence-electron chi connectivity index (χ0n) is 15.7. The summed E-state index contributed by atoms with van der Waals surface area (Å²) in [6.45, 7) is 2.10. The Morgan fingerprint density at radius 1 is 0.750 bits per heavy atom. The smallest absolute Gasteiger partial charge is 0.269 e. The minimum Gasteiger partial charge on any atom is -0.298 e. The molecular formula is C23H23N3O2. The van der Waals surface area contributed by atoms with Gasteiger partial charge in [0.15, 0.2) is 0 Å². The predicted octanol–water partition coefficient (Wildman–Crippen LogP) is 3.14. The molecule has 1 atom stereocenters. The molecule has 0 aromatic heterocycles. The van der Waals surface area contributed by atoms with Gasteiger partial charge >= 0.3 is 0 Å². The summed E-state index contributed by atoms with van der Waals surface area (Å²) < 4.78 is 0. The van der Waals surface area contributed by atoms with Gasteiger partial charge in [0.2, 0.25) is 0 Å². The lowest BCUT2D eigenvalue weighted by Gasteiger charge is -2.20. The van der Waals surface area contributed by atoms with E-state index in [4.69, 9.17) is 0 Å². The van der Waals surface area contributed by atoms with Gasteiger partial charge in [0.25, 0.3) is 11.8 Å². The highest BCUT2D eigenvalue weighted by Crippen LogP contribution is 2.22. The summed E-state index contributed by atoms with van der Waals surface area (Å²) in [5.74, 6) is -0.676. The standard InChI is InChI=1S/C23H23N3O2/c1-17-12-14-19(15-13-17)22(18-8-4-2-5-9-18)24-16-21(27)25-26-23(28)20-10-6-3-7-11-20/h2-15,22,24H,16H2,1H3,(H,25,27)(H,26,28)/t22-/m1/s1. The predicted molar refractivity (Wildman–Crippen MR) is 110 cm³/mol. The molecule has 0 heterocycles. The Morgan fingerprint density at radius 2 is 1.32 bits per heavy atom. The minimum atomic E-state index is -0.355. The van der Waals surface area contributed by atoms with Crippen LogP contribution in [0.4, 0.5) is 0 Å². The molecule has 0 fully saturated rings. The maximum absolute atomic E-state index is 12.2. The highest BCUT2D eigenvalue weighted by molar-refractivity contribution is 5.95. The molecule has 0 saturated carbocycles. The molecule has 5 nitrogen and oxygen atoms in total. The van der Waals surface area contributed by atoms with Crippen LogP contribution in [-0.2, 0) is 4.79 Å². The first-order chi connectivity index (χ1) is 13.6. The maximum Gasteiger partial charge on any atom is 0.269 e. The highest BCUT2D eigenvalue weighted by atomic mass is 16.2. The van der Waals surface area contributed by atoms with Gasteiger partial charge in [0, 0.05) is 5.56 Å². The molecule has 142 valence electrons. The van der Waals surface area contributed by atoms with Gasteiger partial charge in [0.1, 0.15) is 0 Å². The normalized spacial score (nSPS) is 11.5. The van der Waals surface area contributed by atoms with E-state index in [0.717, 1.165) is 11.1 Å². The number of aryl methyl sites for hydroxylation is 1. The molecule has 0 aliphatic heterocycles. The van der Waals surface area contributed by atoms with Gasteiger partial charge in [-0.25, -0.2) is 0 Å². The Labute approximate surface area is 164 Å². The third-order valence-electron chi connectivity index (χ3n) is 4.36. The quantitative estimate of drug-likeness (QED) is 0.582. The molecule has 0 bridgehead atoms. The van der Waals surface area contributed by atoms with Crippen molar-refractivity contribution in [1.29, 1.82) is 0 Å². The summed E-state index contributed by atoms with van der Waals surface area (Å²) in [5, 5.41) is 3.27. The lowest BCUT2D eigenvalue weighted by atomic mass is 9.98. The van der Waals surface area contributed by atoms with E-state index in [1.807, 2.05) is 55.5 Å². The van der Waals surface area contributed by atoms with Crippen LogP contribution in [0.2, 0.25) is 0 Å². The SMILES string of the molecule is Cc1ccc([C@H](NCC(=O)NNC(=O)c2ccccc2)c2ccccc2)cc1. The average Bonchev–Trinajstić information content (AvgIpc) is 2.75. The third-order valence-corrected chi connectivity index (χ3v) is 4.36. The van der Waals surface area contributed by atoms with Crippen LogP contribution in [0, 0.1) is 6.92 Å². The Kier molecular flexibility index (Phi) is 6.54. The topological polar surface area (TPSA) is 70.2 Å². The summed E-state index contributed by atoms with van der Waals surface area (Å²) in [7, 11) is 0. The van der Waals surface area contributed by atoms with Gasteiger partial charge in [0.05, 0.1) is 12.6 Å². The number of rotatable bonds is 6. The molecule has 0 unspecified atom stereocenters. The van der Waals surface area contributed by atoms with E-state index in [-0.39, 0.29) is 24.4 Å². The Morgan fingerprint density at radius 3 is 1.96 bits per heavy atom. The van der Waals surface area contributed by atoms with E-state index in [2.05, 4.69) is 28.3 Å². The molecule has 0 radical (unpaired) electrons. The van der Waals surface area contributed by atoms with Crippen LogP contribution in [0.5, 0.6) is 0 Å². The van der Waals surface area contributed by atoms with Crippen molar-refractivity contribution in [2.24, 2.45) is 0 Å². The van der Waals surface area contributed by atoms with Crippen molar-refractivity contribution in [2.75, 3.05) is 6.54 Å². The first-order valence-corrected chi connectivity index (χ1v) is 9.12. The summed E-state index contributed by atoms with van der Waals surface area (Å²) in [4.78, 5) is 24.2. The molecule has 0 spiro atoms. The number of nitrogens with one attached hydrogen (secondary N) is 3. The molecular weight excluding hydrogens is 350 g/mol. The van der Waals surface area contributed by atoms with Crippen LogP contribution in [0.3, 0.4) is 0 Å². The van der Waals surface area contributed by atoms with E-state index < -0.39 is 0 Å². The zero-order valence-corrected chi connectivity index (χ0v) is 15.7. The summed E-state index contributed by atoms with van der Waals surface area (Å²) in [6, 6.07) is 26.7. The molecule has 3 rings (SSSR count). The molecule has 3 aromatic carbocycles. The number of benzene rings is 3. The Bertz CT molecular complexity index is 910.